The smallest absolute Gasteiger partial charge is 0.335 e. The van der Waals surface area contributed by atoms with Crippen LogP contribution in [0.3, 0.4) is 0 Å². The van der Waals surface area contributed by atoms with Crippen molar-refractivity contribution in [2.24, 2.45) is 10.2 Å². The summed E-state index contributed by atoms with van der Waals surface area (Å²) in [7, 11) is 0. The number of hydrogen-bond donors (Lipinski definition) is 3. The van der Waals surface area contributed by atoms with Crippen molar-refractivity contribution in [1.29, 1.82) is 0 Å². The number of aromatic amines is 1. The average Bonchev–Trinajstić information content (AvgIpc) is 3.21. The minimum absolute atomic E-state index is 0. The summed E-state index contributed by atoms with van der Waals surface area (Å²) < 4.78 is 0. The minimum Gasteiger partial charge on any atom is -0.478 e. The van der Waals surface area contributed by atoms with Crippen LogP contribution < -0.4 is 5.32 Å². The normalized spacial score (nSPS) is 10.7. The van der Waals surface area contributed by atoms with Crippen molar-refractivity contribution in [3.05, 3.63) is 66.6 Å². The van der Waals surface area contributed by atoms with Crippen molar-refractivity contribution < 1.29 is 26.4 Å². The molecule has 4 rings (SSSR count). The van der Waals surface area contributed by atoms with Crippen molar-refractivity contribution in [2.75, 3.05) is 5.32 Å². The summed E-state index contributed by atoms with van der Waals surface area (Å²) in [5.74, 6) is -0.655. The first-order valence-corrected chi connectivity index (χ1v) is 7.96. The van der Waals surface area contributed by atoms with Crippen LogP contribution in [0.2, 0.25) is 0 Å². The van der Waals surface area contributed by atoms with E-state index in [1.807, 2.05) is 18.2 Å². The summed E-state index contributed by atoms with van der Waals surface area (Å²) in [6, 6.07) is 13.9. The van der Waals surface area contributed by atoms with E-state index in [9.17, 15) is 4.79 Å². The Bertz CT molecular complexity index is 1130. The molecule has 142 valence electrons. The van der Waals surface area contributed by atoms with Gasteiger partial charge in [-0.1, -0.05) is 0 Å². The van der Waals surface area contributed by atoms with E-state index in [1.165, 1.54) is 6.33 Å². The van der Waals surface area contributed by atoms with Crippen molar-refractivity contribution in [3.63, 3.8) is 0 Å². The van der Waals surface area contributed by atoms with Gasteiger partial charge in [0.15, 0.2) is 0 Å². The Hall–Kier alpha value is -3.65. The second-order valence-corrected chi connectivity index (χ2v) is 5.55. The van der Waals surface area contributed by atoms with E-state index in [0.29, 0.717) is 17.2 Å². The number of nitrogens with zero attached hydrogens (tertiary/aromatic N) is 5. The number of rotatable bonds is 5. The summed E-state index contributed by atoms with van der Waals surface area (Å²) in [5.41, 5.74) is 3.08. The Labute approximate surface area is 168 Å². The fraction of sp³-hybridized carbons (Fsp3) is 0. The maximum Gasteiger partial charge on any atom is 0.335 e. The number of aromatic nitrogens is 4. The van der Waals surface area contributed by atoms with Gasteiger partial charge >= 0.3 is 5.97 Å². The molecule has 0 aliphatic rings. The molecule has 2 aromatic carbocycles. The van der Waals surface area contributed by atoms with Gasteiger partial charge in [0.05, 0.1) is 11.1 Å². The number of anilines is 2. The molecule has 2 heterocycles. The summed E-state index contributed by atoms with van der Waals surface area (Å²) in [6.45, 7) is 0. The van der Waals surface area contributed by atoms with Crippen LogP contribution in [0.1, 0.15) is 10.4 Å². The number of carboxylic acid groups (broad SMARTS) is 1. The van der Waals surface area contributed by atoms with Crippen LogP contribution >= 0.6 is 0 Å². The van der Waals surface area contributed by atoms with E-state index >= 15 is 0 Å². The van der Waals surface area contributed by atoms with E-state index in [2.05, 4.69) is 35.7 Å². The van der Waals surface area contributed by atoms with E-state index < -0.39 is 5.97 Å². The number of benzene rings is 2. The number of hydrogen-bond acceptors (Lipinski definition) is 7. The molecular weight excluding hydrogens is 405 g/mol. The van der Waals surface area contributed by atoms with Gasteiger partial charge in [0.25, 0.3) is 5.95 Å². The minimum atomic E-state index is -0.960. The molecule has 0 amide bonds. The van der Waals surface area contributed by atoms with Crippen molar-refractivity contribution >= 4 is 39.9 Å². The Balaban J connectivity index is 0.00000225. The molecule has 0 fully saturated rings. The first-order chi connectivity index (χ1) is 13.2. The topological polar surface area (TPSA) is 129 Å². The van der Waals surface area contributed by atoms with Gasteiger partial charge in [0, 0.05) is 39.4 Å². The number of carboxylic acids is 1. The van der Waals surface area contributed by atoms with Crippen LogP contribution in [0.5, 0.6) is 0 Å². The van der Waals surface area contributed by atoms with Gasteiger partial charge in [0.1, 0.15) is 12.0 Å². The Morgan fingerprint density at radius 3 is 2.57 bits per heavy atom. The molecule has 2 aromatic heterocycles. The van der Waals surface area contributed by atoms with Crippen molar-refractivity contribution in [2.45, 2.75) is 0 Å². The first kappa shape index (κ1) is 19.1. The molecule has 0 saturated carbocycles. The summed E-state index contributed by atoms with van der Waals surface area (Å²) in [4.78, 5) is 19.3. The maximum atomic E-state index is 11.0. The average molecular weight is 418 g/mol. The predicted molar refractivity (Wildman–Crippen MR) is 99.0 cm³/mol. The van der Waals surface area contributed by atoms with Gasteiger partial charge in [-0.25, -0.2) is 9.89 Å². The predicted octanol–water partition coefficient (Wildman–Crippen LogP) is 4.21. The third kappa shape index (κ3) is 4.02. The van der Waals surface area contributed by atoms with Gasteiger partial charge < -0.3 is 10.4 Å². The molecule has 0 saturated heterocycles. The van der Waals surface area contributed by atoms with E-state index in [4.69, 9.17) is 5.11 Å². The fourth-order valence-corrected chi connectivity index (χ4v) is 2.55. The zero-order chi connectivity index (χ0) is 18.6. The van der Waals surface area contributed by atoms with E-state index in [-0.39, 0.29) is 22.1 Å². The summed E-state index contributed by atoms with van der Waals surface area (Å²) >= 11 is 0. The fourth-order valence-electron chi connectivity index (χ4n) is 2.55. The molecule has 0 bridgehead atoms. The third-order valence-electron chi connectivity index (χ3n) is 3.81. The number of aromatic carboxylic acids is 1. The number of H-pyrrole nitrogens is 1. The Morgan fingerprint density at radius 1 is 1.04 bits per heavy atom. The molecule has 0 radical (unpaired) electrons. The second kappa shape index (κ2) is 8.36. The van der Waals surface area contributed by atoms with Crippen LogP contribution in [0.25, 0.3) is 10.9 Å². The molecule has 0 spiro atoms. The molecular formula is C18H13N7NiO2. The number of pyridine rings is 1. The number of fused-ring (bicyclic) bond motifs is 1. The van der Waals surface area contributed by atoms with Gasteiger partial charge in [-0.15, -0.1) is 10.2 Å². The molecule has 9 nitrogen and oxygen atoms in total. The molecule has 10 heteroatoms. The zero-order valence-electron chi connectivity index (χ0n) is 14.2. The van der Waals surface area contributed by atoms with Gasteiger partial charge in [-0.05, 0) is 48.5 Å². The molecule has 28 heavy (non-hydrogen) atoms. The van der Waals surface area contributed by atoms with Gasteiger partial charge in [-0.3, -0.25) is 4.98 Å². The first-order valence-electron chi connectivity index (χ1n) is 7.96. The van der Waals surface area contributed by atoms with Crippen molar-refractivity contribution in [1.82, 2.24) is 20.2 Å². The number of azo groups is 1. The second-order valence-electron chi connectivity index (χ2n) is 5.55. The molecule has 3 N–H and O–H groups in total. The largest absolute Gasteiger partial charge is 0.478 e. The van der Waals surface area contributed by atoms with E-state index in [0.717, 1.165) is 16.8 Å². The Morgan fingerprint density at radius 2 is 1.86 bits per heavy atom. The zero-order valence-corrected chi connectivity index (χ0v) is 15.2. The van der Waals surface area contributed by atoms with Crippen LogP contribution in [0, 0.1) is 0 Å². The molecule has 4 aromatic rings. The molecule has 0 aliphatic heterocycles. The maximum absolute atomic E-state index is 11.0. The Kier molecular flexibility index (Phi) is 5.71. The molecule has 0 unspecified atom stereocenters. The summed E-state index contributed by atoms with van der Waals surface area (Å²) in [6.07, 6.45) is 3.04. The SMILES string of the molecule is O=C(O)c1ccc(Nc2ccc(N=Nc3ncn[nH]3)c3ncccc23)cc1.[Ni]. The quantitative estimate of drug-likeness (QED) is 0.329. The molecule has 0 aliphatic carbocycles. The van der Waals surface area contributed by atoms with Gasteiger partial charge in [0.2, 0.25) is 0 Å². The summed E-state index contributed by atoms with van der Waals surface area (Å²) in [5, 5.41) is 27.7. The van der Waals surface area contributed by atoms with Crippen molar-refractivity contribution in [3.8, 4) is 0 Å². The van der Waals surface area contributed by atoms with Crippen LogP contribution in [-0.2, 0) is 16.5 Å². The van der Waals surface area contributed by atoms with Crippen LogP contribution in [0.4, 0.5) is 23.0 Å². The van der Waals surface area contributed by atoms with Crippen LogP contribution in [-0.4, -0.2) is 31.2 Å². The number of carbonyl (C=O) groups is 1. The van der Waals surface area contributed by atoms with Gasteiger partial charge in [-0.2, -0.15) is 10.1 Å². The molecule has 0 atom stereocenters. The van der Waals surface area contributed by atoms with E-state index in [1.54, 1.807) is 36.5 Å². The third-order valence-corrected chi connectivity index (χ3v) is 3.81. The monoisotopic (exact) mass is 417 g/mol. The van der Waals surface area contributed by atoms with Crippen LogP contribution in [0.15, 0.2) is 71.3 Å². The standard InChI is InChI=1S/C18H13N7O2.Ni/c26-17(27)11-3-5-12(6-4-11)22-14-7-8-15(16-13(14)2-1-9-19-16)23-25-18-20-10-21-24-18;/h1-10,22H,(H,26,27)(H,20,21,24);. The number of nitrogens with one attached hydrogen (secondary N) is 2.